The number of aliphatic hydroxyl groups is 1. The van der Waals surface area contributed by atoms with Crippen LogP contribution in [0.25, 0.3) is 0 Å². The number of aliphatic hydroxyl groups excluding tert-OH is 1. The van der Waals surface area contributed by atoms with Gasteiger partial charge in [-0.05, 0) is 36.0 Å². The SMILES string of the molecule is Cc1ccc(C(C)C)cc1OCC(=O)NCC(C)CO. The summed E-state index contributed by atoms with van der Waals surface area (Å²) in [4.78, 5) is 11.6. The van der Waals surface area contributed by atoms with Crippen LogP contribution in [-0.2, 0) is 4.79 Å². The van der Waals surface area contributed by atoms with Crippen molar-refractivity contribution in [2.75, 3.05) is 19.8 Å². The van der Waals surface area contributed by atoms with Crippen LogP contribution in [0.15, 0.2) is 18.2 Å². The van der Waals surface area contributed by atoms with Gasteiger partial charge in [0.2, 0.25) is 0 Å². The molecular weight excluding hydrogens is 254 g/mol. The second-order valence-electron chi connectivity index (χ2n) is 5.56. The lowest BCUT2D eigenvalue weighted by atomic mass is 10.0. The fourth-order valence-electron chi connectivity index (χ4n) is 1.68. The van der Waals surface area contributed by atoms with Crippen LogP contribution in [0.5, 0.6) is 5.75 Å². The molecule has 2 N–H and O–H groups in total. The van der Waals surface area contributed by atoms with Gasteiger partial charge in [-0.15, -0.1) is 0 Å². The predicted octanol–water partition coefficient (Wildman–Crippen LogP) is 2.24. The predicted molar refractivity (Wildman–Crippen MR) is 80.0 cm³/mol. The van der Waals surface area contributed by atoms with E-state index in [2.05, 4.69) is 25.2 Å². The summed E-state index contributed by atoms with van der Waals surface area (Å²) in [5.74, 6) is 1.07. The van der Waals surface area contributed by atoms with E-state index in [0.29, 0.717) is 12.5 Å². The van der Waals surface area contributed by atoms with E-state index in [1.54, 1.807) is 0 Å². The van der Waals surface area contributed by atoms with Gasteiger partial charge in [-0.3, -0.25) is 4.79 Å². The summed E-state index contributed by atoms with van der Waals surface area (Å²) in [6.07, 6.45) is 0. The zero-order valence-corrected chi connectivity index (χ0v) is 12.8. The van der Waals surface area contributed by atoms with E-state index >= 15 is 0 Å². The van der Waals surface area contributed by atoms with E-state index in [0.717, 1.165) is 11.3 Å². The molecule has 4 heteroatoms. The third kappa shape index (κ3) is 5.21. The van der Waals surface area contributed by atoms with E-state index in [-0.39, 0.29) is 25.0 Å². The lowest BCUT2D eigenvalue weighted by Crippen LogP contribution is -2.33. The summed E-state index contributed by atoms with van der Waals surface area (Å²) in [7, 11) is 0. The first-order valence-corrected chi connectivity index (χ1v) is 7.05. The standard InChI is InChI=1S/C16H25NO3/c1-11(2)14-6-5-13(4)15(7-14)20-10-16(19)17-8-12(3)9-18/h5-7,11-12,18H,8-10H2,1-4H3,(H,17,19). The van der Waals surface area contributed by atoms with Crippen molar-refractivity contribution in [2.45, 2.75) is 33.6 Å². The highest BCUT2D eigenvalue weighted by Gasteiger charge is 2.08. The Balaban J connectivity index is 2.52. The highest BCUT2D eigenvalue weighted by molar-refractivity contribution is 5.77. The number of amides is 1. The number of rotatable bonds is 7. The zero-order valence-electron chi connectivity index (χ0n) is 12.8. The van der Waals surface area contributed by atoms with Gasteiger partial charge in [0.15, 0.2) is 6.61 Å². The molecule has 0 radical (unpaired) electrons. The van der Waals surface area contributed by atoms with Gasteiger partial charge in [-0.2, -0.15) is 0 Å². The smallest absolute Gasteiger partial charge is 0.257 e. The summed E-state index contributed by atoms with van der Waals surface area (Å²) in [6.45, 7) is 8.61. The van der Waals surface area contributed by atoms with Gasteiger partial charge in [0, 0.05) is 13.2 Å². The van der Waals surface area contributed by atoms with Crippen LogP contribution in [0.3, 0.4) is 0 Å². The fourth-order valence-corrected chi connectivity index (χ4v) is 1.68. The van der Waals surface area contributed by atoms with E-state index in [4.69, 9.17) is 9.84 Å². The molecule has 0 aromatic heterocycles. The van der Waals surface area contributed by atoms with Crippen molar-refractivity contribution >= 4 is 5.91 Å². The van der Waals surface area contributed by atoms with Crippen LogP contribution >= 0.6 is 0 Å². The molecule has 0 saturated carbocycles. The van der Waals surface area contributed by atoms with Gasteiger partial charge in [0.05, 0.1) is 0 Å². The third-order valence-corrected chi connectivity index (χ3v) is 3.20. The molecule has 0 heterocycles. The molecule has 0 fully saturated rings. The van der Waals surface area contributed by atoms with Crippen molar-refractivity contribution in [3.05, 3.63) is 29.3 Å². The molecule has 1 unspecified atom stereocenters. The van der Waals surface area contributed by atoms with Crippen LogP contribution in [-0.4, -0.2) is 30.8 Å². The maximum atomic E-state index is 11.6. The minimum atomic E-state index is -0.167. The lowest BCUT2D eigenvalue weighted by Gasteiger charge is -2.13. The average molecular weight is 279 g/mol. The highest BCUT2D eigenvalue weighted by Crippen LogP contribution is 2.24. The van der Waals surface area contributed by atoms with Gasteiger partial charge in [-0.1, -0.05) is 32.9 Å². The molecule has 0 aliphatic carbocycles. The lowest BCUT2D eigenvalue weighted by molar-refractivity contribution is -0.123. The third-order valence-electron chi connectivity index (χ3n) is 3.20. The molecule has 0 saturated heterocycles. The minimum absolute atomic E-state index is 0.000533. The van der Waals surface area contributed by atoms with Crippen molar-refractivity contribution in [3.63, 3.8) is 0 Å². The normalized spacial score (nSPS) is 12.3. The molecule has 1 aromatic rings. The van der Waals surface area contributed by atoms with Crippen molar-refractivity contribution in [1.82, 2.24) is 5.32 Å². The van der Waals surface area contributed by atoms with E-state index in [1.165, 1.54) is 5.56 Å². The summed E-state index contributed by atoms with van der Waals surface area (Å²) in [5.41, 5.74) is 2.21. The van der Waals surface area contributed by atoms with Gasteiger partial charge < -0.3 is 15.2 Å². The number of ether oxygens (including phenoxy) is 1. The Morgan fingerprint density at radius 3 is 2.65 bits per heavy atom. The van der Waals surface area contributed by atoms with Crippen molar-refractivity contribution in [2.24, 2.45) is 5.92 Å². The topological polar surface area (TPSA) is 58.6 Å². The monoisotopic (exact) mass is 279 g/mol. The number of carbonyl (C=O) groups is 1. The number of aryl methyl sites for hydroxylation is 1. The van der Waals surface area contributed by atoms with Crippen LogP contribution in [0.2, 0.25) is 0 Å². The molecule has 20 heavy (non-hydrogen) atoms. The van der Waals surface area contributed by atoms with Gasteiger partial charge in [-0.25, -0.2) is 0 Å². The Morgan fingerprint density at radius 1 is 1.35 bits per heavy atom. The quantitative estimate of drug-likeness (QED) is 0.805. The molecule has 1 amide bonds. The van der Waals surface area contributed by atoms with Crippen LogP contribution in [0.1, 0.15) is 37.8 Å². The fraction of sp³-hybridized carbons (Fsp3) is 0.562. The number of hydrogen-bond donors (Lipinski definition) is 2. The maximum Gasteiger partial charge on any atom is 0.257 e. The molecule has 1 rings (SSSR count). The Morgan fingerprint density at radius 2 is 2.05 bits per heavy atom. The molecule has 1 atom stereocenters. The van der Waals surface area contributed by atoms with Gasteiger partial charge >= 0.3 is 0 Å². The second-order valence-corrected chi connectivity index (χ2v) is 5.56. The Hall–Kier alpha value is -1.55. The molecule has 0 bridgehead atoms. The summed E-state index contributed by atoms with van der Waals surface area (Å²) in [5, 5.41) is 11.6. The molecule has 4 nitrogen and oxygen atoms in total. The molecule has 0 spiro atoms. The van der Waals surface area contributed by atoms with Crippen molar-refractivity contribution in [3.8, 4) is 5.75 Å². The summed E-state index contributed by atoms with van der Waals surface area (Å²) >= 11 is 0. The first kappa shape index (κ1) is 16.5. The first-order valence-electron chi connectivity index (χ1n) is 7.05. The molecule has 0 aliphatic heterocycles. The number of carbonyl (C=O) groups excluding carboxylic acids is 1. The van der Waals surface area contributed by atoms with E-state index in [1.807, 2.05) is 26.0 Å². The largest absolute Gasteiger partial charge is 0.483 e. The number of nitrogens with one attached hydrogen (secondary N) is 1. The maximum absolute atomic E-state index is 11.6. The van der Waals surface area contributed by atoms with Gasteiger partial charge in [0.1, 0.15) is 5.75 Å². The Labute approximate surface area is 121 Å². The van der Waals surface area contributed by atoms with Crippen LogP contribution in [0, 0.1) is 12.8 Å². The number of benzene rings is 1. The van der Waals surface area contributed by atoms with E-state index in [9.17, 15) is 4.79 Å². The summed E-state index contributed by atoms with van der Waals surface area (Å²) < 4.78 is 5.58. The van der Waals surface area contributed by atoms with E-state index < -0.39 is 0 Å². The average Bonchev–Trinajstić information content (AvgIpc) is 2.43. The Kier molecular flexibility index (Phi) is 6.52. The van der Waals surface area contributed by atoms with Crippen LogP contribution in [0.4, 0.5) is 0 Å². The highest BCUT2D eigenvalue weighted by atomic mass is 16.5. The molecule has 0 aliphatic rings. The molecular formula is C16H25NO3. The molecule has 112 valence electrons. The van der Waals surface area contributed by atoms with Crippen molar-refractivity contribution in [1.29, 1.82) is 0 Å². The second kappa shape index (κ2) is 7.90. The summed E-state index contributed by atoms with van der Waals surface area (Å²) in [6, 6.07) is 6.08. The molecule has 1 aromatic carbocycles. The number of hydrogen-bond acceptors (Lipinski definition) is 3. The zero-order chi connectivity index (χ0) is 15.1. The minimum Gasteiger partial charge on any atom is -0.483 e. The Bertz CT molecular complexity index is 443. The van der Waals surface area contributed by atoms with Crippen LogP contribution < -0.4 is 10.1 Å². The van der Waals surface area contributed by atoms with Crippen molar-refractivity contribution < 1.29 is 14.6 Å². The first-order chi connectivity index (χ1) is 9.43. The van der Waals surface area contributed by atoms with Gasteiger partial charge in [0.25, 0.3) is 5.91 Å².